The lowest BCUT2D eigenvalue weighted by Crippen LogP contribution is -2.42. The molecule has 26 heavy (non-hydrogen) atoms. The van der Waals surface area contributed by atoms with E-state index in [2.05, 4.69) is 42.2 Å². The van der Waals surface area contributed by atoms with E-state index in [1.54, 1.807) is 0 Å². The van der Waals surface area contributed by atoms with E-state index in [4.69, 9.17) is 4.74 Å². The highest BCUT2D eigenvalue weighted by atomic mass is 16.5. The Morgan fingerprint density at radius 3 is 2.73 bits per heavy atom. The number of rotatable bonds is 3. The summed E-state index contributed by atoms with van der Waals surface area (Å²) in [6.45, 7) is 5.52. The third-order valence-electron chi connectivity index (χ3n) is 5.04. The van der Waals surface area contributed by atoms with Gasteiger partial charge in [0.15, 0.2) is 5.69 Å². The van der Waals surface area contributed by atoms with Crippen LogP contribution in [0.5, 0.6) is 5.75 Å². The van der Waals surface area contributed by atoms with Crippen LogP contribution in [-0.4, -0.2) is 40.2 Å². The van der Waals surface area contributed by atoms with Crippen molar-refractivity contribution >= 4 is 16.8 Å². The maximum atomic E-state index is 12.8. The van der Waals surface area contributed by atoms with Crippen LogP contribution in [0.1, 0.15) is 34.5 Å². The van der Waals surface area contributed by atoms with Crippen LogP contribution < -0.4 is 4.74 Å². The van der Waals surface area contributed by atoms with Crippen LogP contribution in [0.3, 0.4) is 0 Å². The van der Waals surface area contributed by atoms with Gasteiger partial charge in [-0.15, -0.1) is 0 Å². The zero-order valence-corrected chi connectivity index (χ0v) is 15.2. The molecule has 0 unspecified atom stereocenters. The number of ether oxygens (including phenoxy) is 1. The van der Waals surface area contributed by atoms with Gasteiger partial charge in [0, 0.05) is 31.3 Å². The van der Waals surface area contributed by atoms with Crippen molar-refractivity contribution < 1.29 is 9.53 Å². The van der Waals surface area contributed by atoms with Crippen molar-refractivity contribution in [2.45, 2.75) is 32.8 Å². The lowest BCUT2D eigenvalue weighted by atomic mass is 10.1. The van der Waals surface area contributed by atoms with Crippen LogP contribution in [0, 0.1) is 13.8 Å². The molecule has 5 nitrogen and oxygen atoms in total. The van der Waals surface area contributed by atoms with Crippen molar-refractivity contribution in [3.05, 3.63) is 59.3 Å². The fourth-order valence-electron chi connectivity index (χ4n) is 3.47. The number of piperidine rings is 1. The molecule has 0 spiro atoms. The molecule has 0 aliphatic carbocycles. The fourth-order valence-corrected chi connectivity index (χ4v) is 3.47. The number of benzene rings is 2. The zero-order valence-electron chi connectivity index (χ0n) is 15.2. The Labute approximate surface area is 153 Å². The summed E-state index contributed by atoms with van der Waals surface area (Å²) >= 11 is 0. The highest BCUT2D eigenvalue weighted by Gasteiger charge is 2.27. The summed E-state index contributed by atoms with van der Waals surface area (Å²) in [5.41, 5.74) is 3.75. The minimum atomic E-state index is -0.00682. The molecule has 0 saturated carbocycles. The van der Waals surface area contributed by atoms with Crippen LogP contribution >= 0.6 is 0 Å². The molecule has 0 bridgehead atoms. The number of amides is 1. The van der Waals surface area contributed by atoms with E-state index < -0.39 is 0 Å². The zero-order chi connectivity index (χ0) is 18.1. The van der Waals surface area contributed by atoms with E-state index in [-0.39, 0.29) is 12.0 Å². The quantitative estimate of drug-likeness (QED) is 0.781. The summed E-state index contributed by atoms with van der Waals surface area (Å²) in [5, 5.41) is 8.05. The van der Waals surface area contributed by atoms with Gasteiger partial charge in [0.2, 0.25) is 0 Å². The van der Waals surface area contributed by atoms with Crippen molar-refractivity contribution in [1.29, 1.82) is 0 Å². The lowest BCUT2D eigenvalue weighted by Gasteiger charge is -2.32. The first-order valence-electron chi connectivity index (χ1n) is 9.08. The third kappa shape index (κ3) is 3.17. The molecule has 2 heterocycles. The number of carbonyl (C=O) groups excluding carboxylic acids is 1. The summed E-state index contributed by atoms with van der Waals surface area (Å²) in [4.78, 5) is 14.7. The van der Waals surface area contributed by atoms with Crippen LogP contribution in [-0.2, 0) is 0 Å². The Bertz CT molecular complexity index is 939. The topological polar surface area (TPSA) is 58.2 Å². The summed E-state index contributed by atoms with van der Waals surface area (Å²) < 4.78 is 6.20. The number of carbonyl (C=O) groups is 1. The standard InChI is InChI=1S/C21H23N3O2/c1-14-7-8-15(2)19(13-14)26-16-9-11-24(12-10-16)21(25)20-17-5-3-4-6-18(17)22-23-20/h3-8,13,16H,9-12H2,1-2H3,(H,22,23). The monoisotopic (exact) mass is 349 g/mol. The minimum Gasteiger partial charge on any atom is -0.490 e. The van der Waals surface area contributed by atoms with Gasteiger partial charge in [0.1, 0.15) is 11.9 Å². The number of para-hydroxylation sites is 1. The molecular formula is C21H23N3O2. The molecule has 4 rings (SSSR count). The highest BCUT2D eigenvalue weighted by molar-refractivity contribution is 6.04. The molecule has 2 aromatic carbocycles. The summed E-state index contributed by atoms with van der Waals surface area (Å²) in [6, 6.07) is 14.0. The Hall–Kier alpha value is -2.82. The van der Waals surface area contributed by atoms with Crippen LogP contribution in [0.2, 0.25) is 0 Å². The highest BCUT2D eigenvalue weighted by Crippen LogP contribution is 2.25. The molecule has 1 aromatic heterocycles. The Morgan fingerprint density at radius 1 is 1.15 bits per heavy atom. The van der Waals surface area contributed by atoms with Gasteiger partial charge in [-0.25, -0.2) is 0 Å². The molecule has 1 amide bonds. The fraction of sp³-hybridized carbons (Fsp3) is 0.333. The molecule has 0 atom stereocenters. The molecular weight excluding hydrogens is 326 g/mol. The van der Waals surface area contributed by atoms with E-state index in [1.807, 2.05) is 29.2 Å². The van der Waals surface area contributed by atoms with Crippen LogP contribution in [0.25, 0.3) is 10.9 Å². The Morgan fingerprint density at radius 2 is 1.92 bits per heavy atom. The molecule has 0 radical (unpaired) electrons. The van der Waals surface area contributed by atoms with Crippen molar-refractivity contribution in [1.82, 2.24) is 15.1 Å². The van der Waals surface area contributed by atoms with Gasteiger partial charge >= 0.3 is 0 Å². The summed E-state index contributed by atoms with van der Waals surface area (Å²) in [7, 11) is 0. The number of aromatic nitrogens is 2. The molecule has 1 fully saturated rings. The van der Waals surface area contributed by atoms with Crippen LogP contribution in [0.4, 0.5) is 0 Å². The number of nitrogens with zero attached hydrogens (tertiary/aromatic N) is 2. The van der Waals surface area contributed by atoms with Gasteiger partial charge in [-0.3, -0.25) is 9.89 Å². The molecule has 1 N–H and O–H groups in total. The maximum Gasteiger partial charge on any atom is 0.274 e. The SMILES string of the molecule is Cc1ccc(C)c(OC2CCN(C(=O)c3n[nH]c4ccccc34)CC2)c1. The molecule has 5 heteroatoms. The first kappa shape index (κ1) is 16.6. The second-order valence-electron chi connectivity index (χ2n) is 7.00. The van der Waals surface area contributed by atoms with Gasteiger partial charge in [-0.2, -0.15) is 5.10 Å². The average Bonchev–Trinajstić information content (AvgIpc) is 3.09. The van der Waals surface area contributed by atoms with E-state index in [9.17, 15) is 4.79 Å². The Kier molecular flexibility index (Phi) is 4.37. The normalized spacial score (nSPS) is 15.4. The minimum absolute atomic E-state index is 0.00682. The van der Waals surface area contributed by atoms with Crippen LogP contribution in [0.15, 0.2) is 42.5 Å². The molecule has 1 saturated heterocycles. The number of aromatic amines is 1. The second-order valence-corrected chi connectivity index (χ2v) is 7.00. The number of H-pyrrole nitrogens is 1. The van der Waals surface area contributed by atoms with E-state index >= 15 is 0 Å². The number of aryl methyl sites for hydroxylation is 2. The van der Waals surface area contributed by atoms with Crippen molar-refractivity contribution in [2.75, 3.05) is 13.1 Å². The molecule has 1 aliphatic heterocycles. The second kappa shape index (κ2) is 6.83. The Balaban J connectivity index is 1.42. The number of nitrogens with one attached hydrogen (secondary N) is 1. The summed E-state index contributed by atoms with van der Waals surface area (Å²) in [6.07, 6.45) is 1.82. The van der Waals surface area contributed by atoms with Gasteiger partial charge in [-0.1, -0.05) is 30.3 Å². The predicted molar refractivity (Wildman–Crippen MR) is 102 cm³/mol. The third-order valence-corrected chi connectivity index (χ3v) is 5.04. The molecule has 3 aromatic rings. The first-order chi connectivity index (χ1) is 12.6. The first-order valence-corrected chi connectivity index (χ1v) is 9.08. The maximum absolute atomic E-state index is 12.8. The largest absolute Gasteiger partial charge is 0.490 e. The lowest BCUT2D eigenvalue weighted by molar-refractivity contribution is 0.0590. The van der Waals surface area contributed by atoms with Crippen molar-refractivity contribution in [3.8, 4) is 5.75 Å². The predicted octanol–water partition coefficient (Wildman–Crippen LogP) is 3.86. The van der Waals surface area contributed by atoms with E-state index in [0.717, 1.165) is 35.1 Å². The van der Waals surface area contributed by atoms with Gasteiger partial charge in [-0.05, 0) is 37.1 Å². The van der Waals surface area contributed by atoms with Crippen molar-refractivity contribution in [2.24, 2.45) is 0 Å². The molecule has 134 valence electrons. The van der Waals surface area contributed by atoms with E-state index in [1.165, 1.54) is 5.56 Å². The van der Waals surface area contributed by atoms with Crippen molar-refractivity contribution in [3.63, 3.8) is 0 Å². The van der Waals surface area contributed by atoms with E-state index in [0.29, 0.717) is 18.8 Å². The molecule has 1 aliphatic rings. The number of likely N-dealkylation sites (tertiary alicyclic amines) is 1. The number of hydrogen-bond acceptors (Lipinski definition) is 3. The number of hydrogen-bond donors (Lipinski definition) is 1. The number of fused-ring (bicyclic) bond motifs is 1. The van der Waals surface area contributed by atoms with Gasteiger partial charge in [0.05, 0.1) is 5.52 Å². The van der Waals surface area contributed by atoms with Gasteiger partial charge < -0.3 is 9.64 Å². The van der Waals surface area contributed by atoms with Gasteiger partial charge in [0.25, 0.3) is 5.91 Å². The summed E-state index contributed by atoms with van der Waals surface area (Å²) in [5.74, 6) is 0.945. The smallest absolute Gasteiger partial charge is 0.274 e. The average molecular weight is 349 g/mol.